The van der Waals surface area contributed by atoms with Crippen LogP contribution in [-0.4, -0.2) is 15.0 Å². The molecule has 5 nitrogen and oxygen atoms in total. The van der Waals surface area contributed by atoms with E-state index in [-0.39, 0.29) is 5.52 Å². The number of hydrogen-bond donors (Lipinski definition) is 0. The third-order valence-electron chi connectivity index (χ3n) is 1.23. The molecule has 0 aliphatic carbocycles. The van der Waals surface area contributed by atoms with Crippen molar-refractivity contribution in [1.82, 2.24) is 15.0 Å². The van der Waals surface area contributed by atoms with Gasteiger partial charge >= 0.3 is 5.56 Å². The summed E-state index contributed by atoms with van der Waals surface area (Å²) in [5.41, 5.74) is 0.170. The molecule has 0 unspecified atom stereocenters. The molecule has 0 saturated heterocycles. The number of hydrogen-bond acceptors (Lipinski definition) is 5. The summed E-state index contributed by atoms with van der Waals surface area (Å²) in [5, 5.41) is 0. The van der Waals surface area contributed by atoms with E-state index in [1.165, 1.54) is 12.5 Å². The second kappa shape index (κ2) is 2.12. The molecule has 2 heterocycles. The minimum absolute atomic E-state index is 0.211. The van der Waals surface area contributed by atoms with Crippen LogP contribution in [0.2, 0.25) is 0 Å². The quantitative estimate of drug-likeness (QED) is 0.526. The highest BCUT2D eigenvalue weighted by Gasteiger charge is 1.99. The van der Waals surface area contributed by atoms with Gasteiger partial charge in [0.05, 0.1) is 6.20 Å². The Hall–Kier alpha value is -1.78. The highest BCUT2D eigenvalue weighted by Crippen LogP contribution is 1.99. The first-order chi connectivity index (χ1) is 5.38. The van der Waals surface area contributed by atoms with Crippen LogP contribution >= 0.6 is 0 Å². The van der Waals surface area contributed by atoms with Gasteiger partial charge in [-0.25, -0.2) is 9.97 Å². The topological polar surface area (TPSA) is 68.9 Å². The predicted octanol–water partition coefficient (Wildman–Crippen LogP) is -0.0220. The molecule has 0 amide bonds. The van der Waals surface area contributed by atoms with Crippen LogP contribution < -0.4 is 5.56 Å². The molecule has 0 aliphatic rings. The smallest absolute Gasteiger partial charge is 0.302 e. The van der Waals surface area contributed by atoms with Crippen molar-refractivity contribution in [3.8, 4) is 0 Å². The molecule has 0 saturated carbocycles. The first kappa shape index (κ1) is 5.96. The average Bonchev–Trinajstić information content (AvgIpc) is 2.06. The molecule has 11 heavy (non-hydrogen) atoms. The van der Waals surface area contributed by atoms with Crippen molar-refractivity contribution in [2.75, 3.05) is 0 Å². The summed E-state index contributed by atoms with van der Waals surface area (Å²) in [5.74, 6) is 0. The van der Waals surface area contributed by atoms with Gasteiger partial charge < -0.3 is 4.42 Å². The number of nitrogens with zero attached hydrogens (tertiary/aromatic N) is 3. The summed E-state index contributed by atoms with van der Waals surface area (Å²) in [6, 6.07) is 0. The molecule has 0 spiro atoms. The fourth-order valence-electron chi connectivity index (χ4n) is 0.756. The fraction of sp³-hybridized carbons (Fsp3) is 0. The van der Waals surface area contributed by atoms with Crippen molar-refractivity contribution in [1.29, 1.82) is 0 Å². The monoisotopic (exact) mass is 149 g/mol. The average molecular weight is 149 g/mol. The molecule has 0 aliphatic heterocycles. The van der Waals surface area contributed by atoms with Crippen molar-refractivity contribution in [3.05, 3.63) is 29.3 Å². The third kappa shape index (κ3) is 0.861. The van der Waals surface area contributed by atoms with Gasteiger partial charge in [-0.2, -0.15) is 4.98 Å². The Morgan fingerprint density at radius 3 is 3.09 bits per heavy atom. The molecule has 0 N–H and O–H groups in total. The van der Waals surface area contributed by atoms with E-state index in [1.54, 1.807) is 0 Å². The second-order valence-electron chi connectivity index (χ2n) is 1.89. The predicted molar refractivity (Wildman–Crippen MR) is 35.9 cm³/mol. The van der Waals surface area contributed by atoms with Crippen LogP contribution in [0, 0.1) is 0 Å². The van der Waals surface area contributed by atoms with E-state index in [1.807, 2.05) is 0 Å². The first-order valence-electron chi connectivity index (χ1n) is 2.91. The highest BCUT2D eigenvalue weighted by atomic mass is 16.3. The Kier molecular flexibility index (Phi) is 1.15. The maximum atomic E-state index is 10.9. The van der Waals surface area contributed by atoms with Crippen LogP contribution in [0.5, 0.6) is 0 Å². The van der Waals surface area contributed by atoms with Crippen LogP contribution in [0.1, 0.15) is 0 Å². The maximum Gasteiger partial charge on any atom is 0.302 e. The summed E-state index contributed by atoms with van der Waals surface area (Å²) in [6.45, 7) is 0. The molecule has 0 radical (unpaired) electrons. The van der Waals surface area contributed by atoms with Gasteiger partial charge in [-0.15, -0.1) is 0 Å². The van der Waals surface area contributed by atoms with Crippen LogP contribution in [0.15, 0.2) is 28.1 Å². The zero-order chi connectivity index (χ0) is 7.68. The van der Waals surface area contributed by atoms with Gasteiger partial charge in [0.15, 0.2) is 17.5 Å². The molecule has 0 atom stereocenters. The highest BCUT2D eigenvalue weighted by molar-refractivity contribution is 5.68. The van der Waals surface area contributed by atoms with Crippen molar-refractivity contribution in [2.24, 2.45) is 0 Å². The minimum Gasteiger partial charge on any atom is -0.442 e. The lowest BCUT2D eigenvalue weighted by Crippen LogP contribution is -2.05. The van der Waals surface area contributed by atoms with E-state index in [0.29, 0.717) is 5.58 Å². The number of aromatic nitrogens is 3. The zero-order valence-electron chi connectivity index (χ0n) is 5.39. The van der Waals surface area contributed by atoms with E-state index in [2.05, 4.69) is 15.0 Å². The van der Waals surface area contributed by atoms with Gasteiger partial charge in [0, 0.05) is 0 Å². The van der Waals surface area contributed by atoms with E-state index < -0.39 is 5.56 Å². The summed E-state index contributed by atoms with van der Waals surface area (Å²) < 4.78 is 4.86. The van der Waals surface area contributed by atoms with Gasteiger partial charge in [-0.05, 0) is 0 Å². The van der Waals surface area contributed by atoms with E-state index >= 15 is 0 Å². The molecule has 2 aromatic rings. The Morgan fingerprint density at radius 2 is 2.27 bits per heavy atom. The van der Waals surface area contributed by atoms with Gasteiger partial charge in [0.1, 0.15) is 6.33 Å². The van der Waals surface area contributed by atoms with Crippen molar-refractivity contribution < 1.29 is 4.42 Å². The summed E-state index contributed by atoms with van der Waals surface area (Å²) in [4.78, 5) is 21.7. The number of fused-ring (bicyclic) bond motifs is 1. The second-order valence-corrected chi connectivity index (χ2v) is 1.89. The lowest BCUT2D eigenvalue weighted by molar-refractivity contribution is 0.572. The first-order valence-corrected chi connectivity index (χ1v) is 2.91. The molecule has 2 aromatic heterocycles. The molecule has 5 heteroatoms. The third-order valence-corrected chi connectivity index (χ3v) is 1.23. The molecule has 54 valence electrons. The van der Waals surface area contributed by atoms with E-state index in [9.17, 15) is 4.79 Å². The zero-order valence-corrected chi connectivity index (χ0v) is 5.39. The van der Waals surface area contributed by atoms with E-state index in [0.717, 1.165) is 6.39 Å². The van der Waals surface area contributed by atoms with Crippen LogP contribution in [0.4, 0.5) is 0 Å². The number of rotatable bonds is 0. The van der Waals surface area contributed by atoms with Crippen LogP contribution in [-0.2, 0) is 0 Å². The van der Waals surface area contributed by atoms with Gasteiger partial charge in [-0.1, -0.05) is 0 Å². The molecular weight excluding hydrogens is 146 g/mol. The maximum absolute atomic E-state index is 10.9. The van der Waals surface area contributed by atoms with Crippen LogP contribution in [0.25, 0.3) is 11.1 Å². The van der Waals surface area contributed by atoms with Crippen molar-refractivity contribution in [3.63, 3.8) is 0 Å². The summed E-state index contributed by atoms with van der Waals surface area (Å²) >= 11 is 0. The normalized spacial score (nSPS) is 10.2. The fourth-order valence-corrected chi connectivity index (χ4v) is 0.756. The minimum atomic E-state index is -0.395. The Morgan fingerprint density at radius 1 is 1.36 bits per heavy atom. The molecule has 2 rings (SSSR count). The van der Waals surface area contributed by atoms with Gasteiger partial charge in [0.2, 0.25) is 0 Å². The van der Waals surface area contributed by atoms with Crippen molar-refractivity contribution in [2.45, 2.75) is 0 Å². The Balaban J connectivity index is 3.03. The van der Waals surface area contributed by atoms with Crippen LogP contribution in [0.3, 0.4) is 0 Å². The summed E-state index contributed by atoms with van der Waals surface area (Å²) in [6.07, 6.45) is 3.78. The molecule has 0 aromatic carbocycles. The molecular formula is C6H3N3O2. The summed E-state index contributed by atoms with van der Waals surface area (Å²) in [7, 11) is 0. The van der Waals surface area contributed by atoms with Crippen molar-refractivity contribution >= 4 is 11.1 Å². The lowest BCUT2D eigenvalue weighted by atomic mass is 10.5. The van der Waals surface area contributed by atoms with E-state index in [4.69, 9.17) is 4.42 Å². The SMILES string of the molecule is O=c1ncoc2cncnc12. The standard InChI is InChI=1S/C6H3N3O2/c10-6-5-4(11-3-9-6)1-7-2-8-5/h1-3H. The Bertz CT molecular complexity index is 432. The van der Waals surface area contributed by atoms with Gasteiger partial charge in [0.25, 0.3) is 0 Å². The largest absolute Gasteiger partial charge is 0.442 e. The Labute approximate surface area is 60.7 Å². The van der Waals surface area contributed by atoms with Gasteiger partial charge in [-0.3, -0.25) is 4.79 Å². The lowest BCUT2D eigenvalue weighted by Gasteiger charge is -1.89. The molecule has 0 bridgehead atoms. The molecule has 0 fully saturated rings.